The van der Waals surface area contributed by atoms with E-state index in [1.54, 1.807) is 6.07 Å². The molecule has 0 spiro atoms. The predicted molar refractivity (Wildman–Crippen MR) is 49.4 cm³/mol. The maximum atomic E-state index is 10.8. The number of ether oxygens (including phenoxy) is 1. The molecule has 0 aliphatic rings. The van der Waals surface area contributed by atoms with Crippen molar-refractivity contribution in [2.75, 3.05) is 7.11 Å². The zero-order valence-corrected chi connectivity index (χ0v) is 7.69. The van der Waals surface area contributed by atoms with Gasteiger partial charge in [-0.15, -0.1) is 0 Å². The molecular formula is C10H10O4. The lowest BCUT2D eigenvalue weighted by Crippen LogP contribution is -2.03. The van der Waals surface area contributed by atoms with Gasteiger partial charge in [0.15, 0.2) is 23.6 Å². The average molecular weight is 194 g/mol. The standard InChI is InChI=1S/C10H10O4/c1-14-10-5-7(2-3-9(10)13)4-8(12)6-11/h2-3,5-6,13H,4H2,1H3. The molecule has 0 heterocycles. The van der Waals surface area contributed by atoms with Crippen molar-refractivity contribution < 1.29 is 19.4 Å². The number of hydrogen-bond acceptors (Lipinski definition) is 4. The predicted octanol–water partition coefficient (Wildman–Crippen LogP) is 0.711. The highest BCUT2D eigenvalue weighted by molar-refractivity contribution is 6.25. The van der Waals surface area contributed by atoms with Crippen molar-refractivity contribution in [2.45, 2.75) is 6.42 Å². The average Bonchev–Trinajstić information content (AvgIpc) is 2.20. The van der Waals surface area contributed by atoms with Crippen LogP contribution in [0.3, 0.4) is 0 Å². The summed E-state index contributed by atoms with van der Waals surface area (Å²) in [5, 5.41) is 9.25. The monoisotopic (exact) mass is 194 g/mol. The molecule has 14 heavy (non-hydrogen) atoms. The summed E-state index contributed by atoms with van der Waals surface area (Å²) in [6.45, 7) is 0. The van der Waals surface area contributed by atoms with Crippen molar-refractivity contribution in [3.63, 3.8) is 0 Å². The lowest BCUT2D eigenvalue weighted by Gasteiger charge is -2.04. The number of rotatable bonds is 4. The lowest BCUT2D eigenvalue weighted by atomic mass is 10.1. The van der Waals surface area contributed by atoms with Gasteiger partial charge in [0.05, 0.1) is 7.11 Å². The van der Waals surface area contributed by atoms with E-state index in [4.69, 9.17) is 4.74 Å². The van der Waals surface area contributed by atoms with Crippen molar-refractivity contribution >= 4 is 12.1 Å². The van der Waals surface area contributed by atoms with Crippen LogP contribution in [0.5, 0.6) is 11.5 Å². The summed E-state index contributed by atoms with van der Waals surface area (Å²) < 4.78 is 4.85. The van der Waals surface area contributed by atoms with Crippen LogP contribution in [-0.4, -0.2) is 24.3 Å². The third-order valence-corrected chi connectivity index (χ3v) is 1.75. The van der Waals surface area contributed by atoms with Crippen LogP contribution in [0.1, 0.15) is 5.56 Å². The van der Waals surface area contributed by atoms with Crippen molar-refractivity contribution in [3.8, 4) is 11.5 Å². The molecule has 1 aromatic rings. The van der Waals surface area contributed by atoms with Gasteiger partial charge in [-0.2, -0.15) is 0 Å². The second-order valence-electron chi connectivity index (χ2n) is 2.77. The van der Waals surface area contributed by atoms with Crippen LogP contribution < -0.4 is 4.74 Å². The first-order valence-electron chi connectivity index (χ1n) is 4.01. The molecule has 0 radical (unpaired) electrons. The van der Waals surface area contributed by atoms with Gasteiger partial charge in [-0.25, -0.2) is 0 Å². The highest BCUT2D eigenvalue weighted by Crippen LogP contribution is 2.26. The Hall–Kier alpha value is -1.84. The minimum atomic E-state index is -0.502. The summed E-state index contributed by atoms with van der Waals surface area (Å²) in [4.78, 5) is 20.9. The molecular weight excluding hydrogens is 184 g/mol. The van der Waals surface area contributed by atoms with Crippen LogP contribution in [0.2, 0.25) is 0 Å². The third-order valence-electron chi connectivity index (χ3n) is 1.75. The van der Waals surface area contributed by atoms with Gasteiger partial charge >= 0.3 is 0 Å². The van der Waals surface area contributed by atoms with Crippen molar-refractivity contribution in [1.29, 1.82) is 0 Å². The number of methoxy groups -OCH3 is 1. The zero-order chi connectivity index (χ0) is 10.6. The van der Waals surface area contributed by atoms with Crippen LogP contribution in [0.25, 0.3) is 0 Å². The fourth-order valence-corrected chi connectivity index (χ4v) is 1.07. The number of carbonyl (C=O) groups is 2. The molecule has 0 atom stereocenters. The Bertz CT molecular complexity index is 357. The number of Topliss-reactive ketones (excluding diaryl/α,β-unsaturated/α-hetero) is 1. The van der Waals surface area contributed by atoms with Crippen LogP contribution in [0, 0.1) is 0 Å². The van der Waals surface area contributed by atoms with Gasteiger partial charge < -0.3 is 9.84 Å². The molecule has 0 bridgehead atoms. The molecule has 1 rings (SSSR count). The van der Waals surface area contributed by atoms with E-state index in [0.29, 0.717) is 11.3 Å². The van der Waals surface area contributed by atoms with Gasteiger partial charge in [0, 0.05) is 6.42 Å². The molecule has 4 nitrogen and oxygen atoms in total. The van der Waals surface area contributed by atoms with E-state index in [0.717, 1.165) is 0 Å². The lowest BCUT2D eigenvalue weighted by molar-refractivity contribution is -0.129. The smallest absolute Gasteiger partial charge is 0.199 e. The molecule has 1 aromatic carbocycles. The summed E-state index contributed by atoms with van der Waals surface area (Å²) in [5.41, 5.74) is 0.636. The summed E-state index contributed by atoms with van der Waals surface area (Å²) in [6.07, 6.45) is 0.305. The van der Waals surface area contributed by atoms with Crippen molar-refractivity contribution in [3.05, 3.63) is 23.8 Å². The van der Waals surface area contributed by atoms with E-state index in [9.17, 15) is 14.7 Å². The molecule has 0 aliphatic carbocycles. The number of hydrogen-bond donors (Lipinski definition) is 1. The summed E-state index contributed by atoms with van der Waals surface area (Å²) in [7, 11) is 1.42. The minimum absolute atomic E-state index is 0.00908. The van der Waals surface area contributed by atoms with Crippen LogP contribution in [0.4, 0.5) is 0 Å². The Balaban J connectivity index is 2.89. The maximum Gasteiger partial charge on any atom is 0.199 e. The second kappa shape index (κ2) is 4.41. The van der Waals surface area contributed by atoms with E-state index in [1.807, 2.05) is 0 Å². The van der Waals surface area contributed by atoms with Crippen molar-refractivity contribution in [1.82, 2.24) is 0 Å². The SMILES string of the molecule is COc1cc(CC(=O)C=O)ccc1O. The second-order valence-corrected chi connectivity index (χ2v) is 2.77. The van der Waals surface area contributed by atoms with Crippen LogP contribution in [0.15, 0.2) is 18.2 Å². The number of aromatic hydroxyl groups is 1. The molecule has 0 aromatic heterocycles. The quantitative estimate of drug-likeness (QED) is 0.566. The Morgan fingerprint density at radius 3 is 2.86 bits per heavy atom. The topological polar surface area (TPSA) is 63.6 Å². The molecule has 0 fully saturated rings. The number of aldehydes is 1. The number of carbonyl (C=O) groups excluding carboxylic acids is 2. The molecule has 1 N–H and O–H groups in total. The van der Waals surface area contributed by atoms with E-state index in [-0.39, 0.29) is 18.5 Å². The van der Waals surface area contributed by atoms with Gasteiger partial charge in [-0.3, -0.25) is 9.59 Å². The minimum Gasteiger partial charge on any atom is -0.504 e. The number of ketones is 1. The van der Waals surface area contributed by atoms with E-state index >= 15 is 0 Å². The van der Waals surface area contributed by atoms with E-state index < -0.39 is 5.78 Å². The Kier molecular flexibility index (Phi) is 3.23. The largest absolute Gasteiger partial charge is 0.504 e. The summed E-state index contributed by atoms with van der Waals surface area (Å²) in [5.74, 6) is -0.200. The number of phenolic OH excluding ortho intramolecular Hbond substituents is 1. The van der Waals surface area contributed by atoms with Crippen LogP contribution in [-0.2, 0) is 16.0 Å². The molecule has 4 heteroatoms. The fourth-order valence-electron chi connectivity index (χ4n) is 1.07. The fraction of sp³-hybridized carbons (Fsp3) is 0.200. The molecule has 0 amide bonds. The zero-order valence-electron chi connectivity index (χ0n) is 7.69. The Morgan fingerprint density at radius 1 is 1.57 bits per heavy atom. The first kappa shape index (κ1) is 10.2. The van der Waals surface area contributed by atoms with Crippen molar-refractivity contribution in [2.24, 2.45) is 0 Å². The highest BCUT2D eigenvalue weighted by atomic mass is 16.5. The number of phenols is 1. The van der Waals surface area contributed by atoms with Gasteiger partial charge in [0.2, 0.25) is 0 Å². The van der Waals surface area contributed by atoms with E-state index in [2.05, 4.69) is 0 Å². The normalized spacial score (nSPS) is 9.50. The van der Waals surface area contributed by atoms with Gasteiger partial charge in [-0.05, 0) is 17.7 Å². The molecule has 0 aliphatic heterocycles. The van der Waals surface area contributed by atoms with Gasteiger partial charge in [-0.1, -0.05) is 6.07 Å². The highest BCUT2D eigenvalue weighted by Gasteiger charge is 2.05. The Morgan fingerprint density at radius 2 is 2.29 bits per heavy atom. The Labute approximate surface area is 81.1 Å². The maximum absolute atomic E-state index is 10.8. The van der Waals surface area contributed by atoms with Gasteiger partial charge in [0.25, 0.3) is 0 Å². The molecule has 0 unspecified atom stereocenters. The first-order valence-corrected chi connectivity index (χ1v) is 4.01. The number of benzene rings is 1. The third kappa shape index (κ3) is 2.32. The van der Waals surface area contributed by atoms with E-state index in [1.165, 1.54) is 19.2 Å². The van der Waals surface area contributed by atoms with Crippen LogP contribution >= 0.6 is 0 Å². The summed E-state index contributed by atoms with van der Waals surface area (Å²) >= 11 is 0. The molecule has 0 saturated heterocycles. The molecule has 74 valence electrons. The first-order chi connectivity index (χ1) is 6.67. The summed E-state index contributed by atoms with van der Waals surface area (Å²) in [6, 6.07) is 4.52. The molecule has 0 saturated carbocycles. The van der Waals surface area contributed by atoms with Gasteiger partial charge in [0.1, 0.15) is 0 Å².